The zero-order chi connectivity index (χ0) is 50.8. The molecule has 0 radical (unpaired) electrons. The summed E-state index contributed by atoms with van der Waals surface area (Å²) in [4.78, 5) is 27.2. The van der Waals surface area contributed by atoms with Crippen molar-refractivity contribution in [1.29, 1.82) is 0 Å². The number of aromatic nitrogens is 7. The molecule has 0 aliphatic heterocycles. The van der Waals surface area contributed by atoms with Gasteiger partial charge in [0.05, 0.1) is 21.2 Å². The molecule has 3 aromatic heterocycles. The maximum atomic E-state index is 11.8. The number of nitrogens with zero attached hydrogens (tertiary/aromatic N) is 13. The summed E-state index contributed by atoms with van der Waals surface area (Å²) in [5, 5.41) is 25.5. The Morgan fingerprint density at radius 3 is 1.43 bits per heavy atom. The Labute approximate surface area is 427 Å². The second-order valence-electron chi connectivity index (χ2n) is 15.2. The van der Waals surface area contributed by atoms with Crippen LogP contribution in [-0.4, -0.2) is 85.8 Å². The lowest BCUT2D eigenvalue weighted by Crippen LogP contribution is -2.21. The lowest BCUT2D eigenvalue weighted by atomic mass is 10.2. The minimum atomic E-state index is -4.44. The maximum absolute atomic E-state index is 11.8. The van der Waals surface area contributed by atoms with Crippen LogP contribution in [0.2, 0.25) is 0 Å². The van der Waals surface area contributed by atoms with Crippen molar-refractivity contribution in [1.82, 2.24) is 33.7 Å². The fourth-order valence-electron chi connectivity index (χ4n) is 7.02. The fourth-order valence-corrected chi connectivity index (χ4v) is 9.90. The molecule has 0 aliphatic carbocycles. The molecule has 26 heteroatoms. The standard InChI is InChI=1S/C46H45N15O6S5/c1-5-60(6-2)32-20-22-36(54-56-45-49-40(58-69-45)30-16-12-18-34(24-30)71(62,63)64)38(26-32)47-42-51-43(53-44(52-42)68-28-29-14-10-9-11-15-29)48-39-27-33(61(7-3)8-4)21-23-37(39)55-57-46-50-41(59-70-46)31-17-13-19-35(25-31)72(65,66)67/h9-27H,5-8,28H2,1-4H3,(H,62,63,64)(H,65,66,67)(H2,47,48,51,52,53). The van der Waals surface area contributed by atoms with E-state index in [0.29, 0.717) is 44.8 Å². The number of thioether (sulfide) groups is 1. The Hall–Kier alpha value is -7.20. The van der Waals surface area contributed by atoms with Gasteiger partial charge in [-0.3, -0.25) is 9.11 Å². The normalized spacial score (nSPS) is 11.9. The predicted molar refractivity (Wildman–Crippen MR) is 281 cm³/mol. The van der Waals surface area contributed by atoms with Gasteiger partial charge in [-0.25, -0.2) is 0 Å². The van der Waals surface area contributed by atoms with Gasteiger partial charge in [-0.2, -0.15) is 50.5 Å². The zero-order valence-electron chi connectivity index (χ0n) is 38.9. The van der Waals surface area contributed by atoms with Crippen LogP contribution in [0.5, 0.6) is 0 Å². The van der Waals surface area contributed by atoms with Crippen molar-refractivity contribution in [2.75, 3.05) is 46.6 Å². The van der Waals surface area contributed by atoms with Crippen molar-refractivity contribution in [3.05, 3.63) is 121 Å². The quantitative estimate of drug-likeness (QED) is 0.0296. The fraction of sp³-hybridized carbons (Fsp3) is 0.196. The monoisotopic (exact) mass is 1060 g/mol. The van der Waals surface area contributed by atoms with Crippen LogP contribution >= 0.6 is 34.8 Å². The average molecular weight is 1060 g/mol. The highest BCUT2D eigenvalue weighted by molar-refractivity contribution is 7.98. The second-order valence-corrected chi connectivity index (χ2v) is 20.5. The molecule has 370 valence electrons. The Balaban J connectivity index is 1.15. The van der Waals surface area contributed by atoms with Gasteiger partial charge in [0.1, 0.15) is 11.4 Å². The van der Waals surface area contributed by atoms with Crippen LogP contribution in [0.3, 0.4) is 0 Å². The number of azo groups is 2. The van der Waals surface area contributed by atoms with Crippen molar-refractivity contribution >= 4 is 111 Å². The Morgan fingerprint density at radius 2 is 1.00 bits per heavy atom. The number of nitrogens with one attached hydrogen (secondary N) is 2. The van der Waals surface area contributed by atoms with E-state index in [1.807, 2.05) is 66.7 Å². The van der Waals surface area contributed by atoms with Crippen molar-refractivity contribution in [2.45, 2.75) is 48.4 Å². The molecule has 8 aromatic rings. The lowest BCUT2D eigenvalue weighted by molar-refractivity contribution is 0.481. The molecule has 0 amide bonds. The lowest BCUT2D eigenvalue weighted by Gasteiger charge is -2.22. The molecule has 0 aliphatic rings. The van der Waals surface area contributed by atoms with E-state index in [4.69, 9.17) is 15.0 Å². The summed E-state index contributed by atoms with van der Waals surface area (Å²) in [7, 11) is -8.88. The number of rotatable bonds is 21. The first kappa shape index (κ1) is 51.2. The number of hydrogen-bond donors (Lipinski definition) is 4. The molecule has 4 N–H and O–H groups in total. The van der Waals surface area contributed by atoms with Crippen LogP contribution in [-0.2, 0) is 26.0 Å². The average Bonchev–Trinajstić information content (AvgIpc) is 4.07. The van der Waals surface area contributed by atoms with E-state index in [9.17, 15) is 25.9 Å². The van der Waals surface area contributed by atoms with Gasteiger partial charge in [0.25, 0.3) is 20.2 Å². The van der Waals surface area contributed by atoms with E-state index in [2.05, 4.69) is 87.3 Å². The number of hydrogen-bond acceptors (Lipinski definition) is 22. The summed E-state index contributed by atoms with van der Waals surface area (Å²) >= 11 is 3.35. The van der Waals surface area contributed by atoms with Crippen molar-refractivity contribution < 1.29 is 25.9 Å². The van der Waals surface area contributed by atoms with Gasteiger partial charge < -0.3 is 20.4 Å². The topological polar surface area (TPSA) is 279 Å². The molecule has 8 rings (SSSR count). The highest BCUT2D eigenvalue weighted by Crippen LogP contribution is 2.37. The van der Waals surface area contributed by atoms with Gasteiger partial charge in [-0.1, -0.05) is 66.4 Å². The minimum Gasteiger partial charge on any atom is -0.372 e. The molecule has 0 unspecified atom stereocenters. The van der Waals surface area contributed by atoms with Crippen LogP contribution in [0, 0.1) is 0 Å². The van der Waals surface area contributed by atoms with Gasteiger partial charge in [0.15, 0.2) is 16.8 Å². The van der Waals surface area contributed by atoms with Gasteiger partial charge in [0, 0.05) is 77.5 Å². The summed E-state index contributed by atoms with van der Waals surface area (Å²) in [6, 6.07) is 32.6. The van der Waals surface area contributed by atoms with E-state index in [-0.39, 0.29) is 43.6 Å². The highest BCUT2D eigenvalue weighted by atomic mass is 32.2. The molecule has 0 saturated heterocycles. The molecular weight excluding hydrogens is 1020 g/mol. The zero-order valence-corrected chi connectivity index (χ0v) is 43.0. The van der Waals surface area contributed by atoms with E-state index >= 15 is 0 Å². The summed E-state index contributed by atoms with van der Waals surface area (Å²) in [6.45, 7) is 11.2. The molecule has 0 spiro atoms. The SMILES string of the molecule is CCN(CC)c1ccc(N=Nc2nc(-c3cccc(S(=O)(=O)O)c3)ns2)c(Nc2nc(Nc3cc(N(CC)CC)ccc3N=Nc3nc(-c4cccc(S(=O)(=O)O)c4)ns3)nc(SCc3ccccc3)n2)c1. The minimum absolute atomic E-state index is 0.190. The van der Waals surface area contributed by atoms with E-state index in [1.165, 1.54) is 48.2 Å². The first-order chi connectivity index (χ1) is 34.7. The third-order valence-electron chi connectivity index (χ3n) is 10.6. The van der Waals surface area contributed by atoms with E-state index in [1.54, 1.807) is 12.1 Å². The van der Waals surface area contributed by atoms with Crippen molar-refractivity contribution in [3.8, 4) is 22.8 Å². The van der Waals surface area contributed by atoms with Crippen molar-refractivity contribution in [2.24, 2.45) is 20.5 Å². The summed E-state index contributed by atoms with van der Waals surface area (Å²) in [6.07, 6.45) is 0. The molecule has 0 atom stereocenters. The summed E-state index contributed by atoms with van der Waals surface area (Å²) < 4.78 is 75.0. The molecule has 0 saturated carbocycles. The van der Waals surface area contributed by atoms with E-state index in [0.717, 1.165) is 66.2 Å². The van der Waals surface area contributed by atoms with Crippen LogP contribution in [0.25, 0.3) is 22.8 Å². The third-order valence-corrected chi connectivity index (χ3v) is 14.5. The van der Waals surface area contributed by atoms with Crippen molar-refractivity contribution in [3.63, 3.8) is 0 Å². The molecule has 0 bridgehead atoms. The van der Waals surface area contributed by atoms with Gasteiger partial charge in [-0.05, 0) is 93.9 Å². The molecule has 3 heterocycles. The number of anilines is 6. The highest BCUT2D eigenvalue weighted by Gasteiger charge is 2.18. The Bertz CT molecular complexity index is 3280. The molecular formula is C46H45N15O6S5. The molecule has 5 aromatic carbocycles. The van der Waals surface area contributed by atoms with Gasteiger partial charge >= 0.3 is 0 Å². The first-order valence-corrected chi connectivity index (χ1v) is 27.5. The third kappa shape index (κ3) is 13.0. The summed E-state index contributed by atoms with van der Waals surface area (Å²) in [5.41, 5.74) is 5.50. The number of benzene rings is 5. The first-order valence-electron chi connectivity index (χ1n) is 22.1. The Kier molecular flexibility index (Phi) is 16.3. The van der Waals surface area contributed by atoms with Crippen LogP contribution in [0.15, 0.2) is 151 Å². The van der Waals surface area contributed by atoms with Gasteiger partial charge in [-0.15, -0.1) is 20.5 Å². The smallest absolute Gasteiger partial charge is 0.294 e. The largest absolute Gasteiger partial charge is 0.372 e. The molecule has 21 nitrogen and oxygen atoms in total. The van der Waals surface area contributed by atoms with Crippen LogP contribution in [0.1, 0.15) is 33.3 Å². The van der Waals surface area contributed by atoms with Crippen LogP contribution < -0.4 is 20.4 Å². The Morgan fingerprint density at radius 1 is 0.542 bits per heavy atom. The molecule has 72 heavy (non-hydrogen) atoms. The van der Waals surface area contributed by atoms with Gasteiger partial charge in [0.2, 0.25) is 22.2 Å². The molecule has 0 fully saturated rings. The maximum Gasteiger partial charge on any atom is 0.294 e. The van der Waals surface area contributed by atoms with E-state index < -0.39 is 20.2 Å². The summed E-state index contributed by atoms with van der Waals surface area (Å²) in [5.74, 6) is 1.37. The van der Waals surface area contributed by atoms with Crippen LogP contribution in [0.4, 0.5) is 56.3 Å². The second kappa shape index (κ2) is 22.9. The predicted octanol–water partition coefficient (Wildman–Crippen LogP) is 11.7.